The molecule has 0 spiro atoms. The van der Waals surface area contributed by atoms with Crippen LogP contribution in [-0.2, 0) is 12.0 Å². The third-order valence-corrected chi connectivity index (χ3v) is 4.49. The molecule has 0 aliphatic rings. The van der Waals surface area contributed by atoms with Crippen LogP contribution in [0.15, 0.2) is 24.4 Å². The Bertz CT molecular complexity index is 913. The van der Waals surface area contributed by atoms with E-state index in [1.165, 1.54) is 0 Å². The van der Waals surface area contributed by atoms with Crippen molar-refractivity contribution in [3.63, 3.8) is 0 Å². The van der Waals surface area contributed by atoms with Crippen LogP contribution in [0, 0.1) is 20.8 Å². The summed E-state index contributed by atoms with van der Waals surface area (Å²) in [5.41, 5.74) is 4.57. The minimum Gasteiger partial charge on any atom is -0.493 e. The molecule has 1 atom stereocenters. The molecule has 5 heteroatoms. The quantitative estimate of drug-likeness (QED) is 0.743. The highest BCUT2D eigenvalue weighted by atomic mass is 16.5. The number of benzene rings is 1. The number of hydrogen-bond donors (Lipinski definition) is 2. The first kappa shape index (κ1) is 17.4. The minimum absolute atomic E-state index is 0.359. The van der Waals surface area contributed by atoms with Gasteiger partial charge in [-0.2, -0.15) is 0 Å². The van der Waals surface area contributed by atoms with Crippen LogP contribution in [0.5, 0.6) is 5.75 Å². The smallest absolute Gasteiger partial charge is 0.139 e. The van der Waals surface area contributed by atoms with E-state index in [1.807, 2.05) is 45.9 Å². The maximum atomic E-state index is 11.0. The molecule has 132 valence electrons. The van der Waals surface area contributed by atoms with Crippen LogP contribution in [0.4, 0.5) is 0 Å². The number of aryl methyl sites for hydroxylation is 2. The Balaban J connectivity index is 1.96. The molecule has 2 N–H and O–H groups in total. The maximum Gasteiger partial charge on any atom is 0.139 e. The van der Waals surface area contributed by atoms with Crippen LogP contribution in [0.3, 0.4) is 0 Å². The lowest BCUT2D eigenvalue weighted by Gasteiger charge is -2.22. The second kappa shape index (κ2) is 6.48. The molecule has 0 fully saturated rings. The van der Waals surface area contributed by atoms with Crippen molar-refractivity contribution in [3.05, 3.63) is 52.6 Å². The van der Waals surface area contributed by atoms with E-state index >= 15 is 0 Å². The lowest BCUT2D eigenvalue weighted by atomic mass is 9.96. The molecule has 3 aromatic rings. The SMILES string of the molecule is CCOc1c(C)cnc(CC(C)(O)c2nc3ccc(C)cc3[nH]2)c1C. The van der Waals surface area contributed by atoms with Gasteiger partial charge in [0.15, 0.2) is 0 Å². The van der Waals surface area contributed by atoms with Gasteiger partial charge in [-0.05, 0) is 52.3 Å². The maximum absolute atomic E-state index is 11.0. The van der Waals surface area contributed by atoms with E-state index in [-0.39, 0.29) is 0 Å². The van der Waals surface area contributed by atoms with E-state index in [2.05, 4.69) is 15.0 Å². The highest BCUT2D eigenvalue weighted by Gasteiger charge is 2.29. The molecule has 1 aromatic carbocycles. The zero-order valence-corrected chi connectivity index (χ0v) is 15.5. The highest BCUT2D eigenvalue weighted by Crippen LogP contribution is 2.30. The van der Waals surface area contributed by atoms with Gasteiger partial charge in [-0.15, -0.1) is 0 Å². The summed E-state index contributed by atoms with van der Waals surface area (Å²) in [6, 6.07) is 6.01. The number of H-pyrrole nitrogens is 1. The Morgan fingerprint density at radius 3 is 2.72 bits per heavy atom. The first-order valence-electron chi connectivity index (χ1n) is 8.59. The van der Waals surface area contributed by atoms with Crippen LogP contribution in [0.25, 0.3) is 11.0 Å². The molecule has 1 unspecified atom stereocenters. The first-order chi connectivity index (χ1) is 11.8. The van der Waals surface area contributed by atoms with E-state index in [1.54, 1.807) is 13.1 Å². The number of fused-ring (bicyclic) bond motifs is 1. The van der Waals surface area contributed by atoms with E-state index in [0.717, 1.165) is 39.2 Å². The van der Waals surface area contributed by atoms with Gasteiger partial charge in [-0.25, -0.2) is 4.98 Å². The average molecular weight is 339 g/mol. The molecule has 0 saturated heterocycles. The monoisotopic (exact) mass is 339 g/mol. The van der Waals surface area contributed by atoms with Crippen molar-refractivity contribution in [3.8, 4) is 5.75 Å². The van der Waals surface area contributed by atoms with E-state index in [9.17, 15) is 5.11 Å². The fraction of sp³-hybridized carbons (Fsp3) is 0.400. The minimum atomic E-state index is -1.15. The summed E-state index contributed by atoms with van der Waals surface area (Å²) >= 11 is 0. The largest absolute Gasteiger partial charge is 0.493 e. The Labute approximate surface area is 148 Å². The first-order valence-corrected chi connectivity index (χ1v) is 8.59. The number of hydrogen-bond acceptors (Lipinski definition) is 4. The fourth-order valence-corrected chi connectivity index (χ4v) is 3.09. The van der Waals surface area contributed by atoms with Crippen molar-refractivity contribution >= 4 is 11.0 Å². The average Bonchev–Trinajstić information content (AvgIpc) is 2.98. The molecular formula is C20H25N3O2. The van der Waals surface area contributed by atoms with Gasteiger partial charge in [0.25, 0.3) is 0 Å². The Morgan fingerprint density at radius 2 is 2.00 bits per heavy atom. The summed E-state index contributed by atoms with van der Waals surface area (Å²) in [6.07, 6.45) is 2.16. The number of aliphatic hydroxyl groups is 1. The third kappa shape index (κ3) is 3.37. The van der Waals surface area contributed by atoms with Gasteiger partial charge in [0.05, 0.1) is 23.3 Å². The molecule has 2 aromatic heterocycles. The van der Waals surface area contributed by atoms with Gasteiger partial charge < -0.3 is 14.8 Å². The summed E-state index contributed by atoms with van der Waals surface area (Å²) in [5.74, 6) is 1.40. The van der Waals surface area contributed by atoms with E-state index in [0.29, 0.717) is 18.9 Å². The van der Waals surface area contributed by atoms with Crippen molar-refractivity contribution in [2.75, 3.05) is 6.61 Å². The molecule has 0 bridgehead atoms. The zero-order valence-electron chi connectivity index (χ0n) is 15.5. The molecule has 0 radical (unpaired) electrons. The fourth-order valence-electron chi connectivity index (χ4n) is 3.09. The van der Waals surface area contributed by atoms with Gasteiger partial charge in [0, 0.05) is 23.7 Å². The lowest BCUT2D eigenvalue weighted by molar-refractivity contribution is 0.0480. The Morgan fingerprint density at radius 1 is 1.24 bits per heavy atom. The number of rotatable bonds is 5. The normalized spacial score (nSPS) is 13.8. The van der Waals surface area contributed by atoms with Gasteiger partial charge in [0.1, 0.15) is 17.2 Å². The van der Waals surface area contributed by atoms with Crippen molar-refractivity contribution in [1.82, 2.24) is 15.0 Å². The summed E-state index contributed by atoms with van der Waals surface area (Å²) in [5, 5.41) is 11.0. The molecule has 25 heavy (non-hydrogen) atoms. The molecular weight excluding hydrogens is 314 g/mol. The van der Waals surface area contributed by atoms with Crippen LogP contribution < -0.4 is 4.74 Å². The van der Waals surface area contributed by atoms with Crippen molar-refractivity contribution in [2.24, 2.45) is 0 Å². The molecule has 0 aliphatic heterocycles. The van der Waals surface area contributed by atoms with Crippen molar-refractivity contribution in [2.45, 2.75) is 46.6 Å². The van der Waals surface area contributed by atoms with Gasteiger partial charge >= 0.3 is 0 Å². The van der Waals surface area contributed by atoms with Crippen molar-refractivity contribution in [1.29, 1.82) is 0 Å². The predicted molar refractivity (Wildman–Crippen MR) is 99.0 cm³/mol. The van der Waals surface area contributed by atoms with Gasteiger partial charge in [0.2, 0.25) is 0 Å². The third-order valence-electron chi connectivity index (χ3n) is 4.49. The summed E-state index contributed by atoms with van der Waals surface area (Å²) in [7, 11) is 0. The second-order valence-corrected chi connectivity index (χ2v) is 6.83. The molecule has 0 amide bonds. The number of imidazole rings is 1. The highest BCUT2D eigenvalue weighted by molar-refractivity contribution is 5.76. The molecule has 5 nitrogen and oxygen atoms in total. The number of ether oxygens (including phenoxy) is 1. The molecule has 0 aliphatic carbocycles. The number of aromatic amines is 1. The van der Waals surface area contributed by atoms with Crippen LogP contribution >= 0.6 is 0 Å². The summed E-state index contributed by atoms with van der Waals surface area (Å²) < 4.78 is 5.74. The van der Waals surface area contributed by atoms with Crippen molar-refractivity contribution < 1.29 is 9.84 Å². The number of aromatic nitrogens is 3. The van der Waals surface area contributed by atoms with E-state index in [4.69, 9.17) is 4.74 Å². The number of pyridine rings is 1. The summed E-state index contributed by atoms with van der Waals surface area (Å²) in [6.45, 7) is 10.3. The molecule has 0 saturated carbocycles. The van der Waals surface area contributed by atoms with Crippen LogP contribution in [0.2, 0.25) is 0 Å². The predicted octanol–water partition coefficient (Wildman–Crippen LogP) is 3.73. The lowest BCUT2D eigenvalue weighted by Crippen LogP contribution is -2.27. The Hall–Kier alpha value is -2.40. The number of nitrogens with zero attached hydrogens (tertiary/aromatic N) is 2. The standard InChI is InChI=1S/C20H25N3O2/c1-6-25-18-13(3)11-21-17(14(18)4)10-20(5,24)19-22-15-8-7-12(2)9-16(15)23-19/h7-9,11,24H,6,10H2,1-5H3,(H,22,23). The van der Waals surface area contributed by atoms with Crippen LogP contribution in [-0.4, -0.2) is 26.7 Å². The number of nitrogens with one attached hydrogen (secondary N) is 1. The molecule has 2 heterocycles. The second-order valence-electron chi connectivity index (χ2n) is 6.83. The van der Waals surface area contributed by atoms with Crippen LogP contribution in [0.1, 0.15) is 42.1 Å². The van der Waals surface area contributed by atoms with E-state index < -0.39 is 5.60 Å². The zero-order chi connectivity index (χ0) is 18.2. The topological polar surface area (TPSA) is 71.0 Å². The van der Waals surface area contributed by atoms with Gasteiger partial charge in [-0.1, -0.05) is 6.07 Å². The summed E-state index contributed by atoms with van der Waals surface area (Å²) in [4.78, 5) is 12.3. The van der Waals surface area contributed by atoms with Gasteiger partial charge in [-0.3, -0.25) is 4.98 Å². The molecule has 3 rings (SSSR count). The Kier molecular flexibility index (Phi) is 4.52.